The Balaban J connectivity index is 2.25. The molecule has 13 heavy (non-hydrogen) atoms. The molecule has 3 nitrogen and oxygen atoms in total. The molecule has 1 aliphatic rings. The van der Waals surface area contributed by atoms with E-state index in [0.29, 0.717) is 6.42 Å². The van der Waals surface area contributed by atoms with Gasteiger partial charge >= 0.3 is 0 Å². The molecule has 3 heteroatoms. The lowest BCUT2D eigenvalue weighted by Gasteiger charge is -2.11. The highest BCUT2D eigenvalue weighted by molar-refractivity contribution is 5.76. The van der Waals surface area contributed by atoms with Gasteiger partial charge in [-0.3, -0.25) is 4.79 Å². The van der Waals surface area contributed by atoms with Crippen LogP contribution in [0, 0.1) is 5.92 Å². The molecule has 0 spiro atoms. The zero-order chi connectivity index (χ0) is 9.68. The van der Waals surface area contributed by atoms with E-state index in [4.69, 9.17) is 5.11 Å². The average Bonchev–Trinajstić information content (AvgIpc) is 2.52. The highest BCUT2D eigenvalue weighted by Crippen LogP contribution is 2.16. The van der Waals surface area contributed by atoms with E-state index in [-0.39, 0.29) is 24.5 Å². The van der Waals surface area contributed by atoms with E-state index in [0.717, 1.165) is 12.8 Å². The number of rotatable bonds is 4. The Kier molecular flexibility index (Phi) is 3.96. The summed E-state index contributed by atoms with van der Waals surface area (Å²) in [6, 6.07) is 0.135. The first-order valence-corrected chi connectivity index (χ1v) is 4.84. The molecule has 0 heterocycles. The van der Waals surface area contributed by atoms with Crippen molar-refractivity contribution in [3.63, 3.8) is 0 Å². The number of hydrogen-bond acceptors (Lipinski definition) is 2. The van der Waals surface area contributed by atoms with E-state index < -0.39 is 0 Å². The number of aliphatic hydroxyl groups is 1. The van der Waals surface area contributed by atoms with Gasteiger partial charge in [0.1, 0.15) is 0 Å². The normalized spacial score (nSPS) is 26.3. The highest BCUT2D eigenvalue weighted by atomic mass is 16.3. The number of carbonyl (C=O) groups is 1. The Labute approximate surface area is 78.8 Å². The summed E-state index contributed by atoms with van der Waals surface area (Å²) in [5.41, 5.74) is 0. The maximum absolute atomic E-state index is 11.2. The van der Waals surface area contributed by atoms with Crippen LogP contribution in [0.3, 0.4) is 0 Å². The maximum atomic E-state index is 11.2. The van der Waals surface area contributed by atoms with Crippen LogP contribution in [0.4, 0.5) is 0 Å². The molecule has 1 rings (SSSR count). The first-order valence-electron chi connectivity index (χ1n) is 4.84. The van der Waals surface area contributed by atoms with Crippen LogP contribution in [0.2, 0.25) is 0 Å². The first kappa shape index (κ1) is 10.3. The largest absolute Gasteiger partial charge is 0.396 e. The predicted molar refractivity (Wildman–Crippen MR) is 51.2 cm³/mol. The molecule has 1 aliphatic carbocycles. The number of hydrogen-bond donors (Lipinski definition) is 2. The zero-order valence-electron chi connectivity index (χ0n) is 7.99. The fourth-order valence-electron chi connectivity index (χ4n) is 1.52. The van der Waals surface area contributed by atoms with Gasteiger partial charge in [-0.2, -0.15) is 0 Å². The van der Waals surface area contributed by atoms with Crippen LogP contribution in [0.5, 0.6) is 0 Å². The van der Waals surface area contributed by atoms with Gasteiger partial charge in [0.15, 0.2) is 0 Å². The quantitative estimate of drug-likeness (QED) is 0.634. The van der Waals surface area contributed by atoms with Crippen LogP contribution in [-0.2, 0) is 4.79 Å². The Morgan fingerprint density at radius 3 is 2.92 bits per heavy atom. The maximum Gasteiger partial charge on any atom is 0.220 e. The fraction of sp³-hybridized carbons (Fsp3) is 0.700. The highest BCUT2D eigenvalue weighted by Gasteiger charge is 2.18. The van der Waals surface area contributed by atoms with Crippen LogP contribution < -0.4 is 5.32 Å². The summed E-state index contributed by atoms with van der Waals surface area (Å²) in [4.78, 5) is 11.2. The van der Waals surface area contributed by atoms with E-state index in [2.05, 4.69) is 5.32 Å². The van der Waals surface area contributed by atoms with E-state index in [1.165, 1.54) is 0 Å². The SMILES string of the molecule is CCCC(=O)N[C@H]1C=C[C@H](CO)C1. The molecule has 0 aromatic rings. The second kappa shape index (κ2) is 5.02. The second-order valence-corrected chi connectivity index (χ2v) is 3.49. The average molecular weight is 183 g/mol. The topological polar surface area (TPSA) is 49.3 Å². The lowest BCUT2D eigenvalue weighted by atomic mass is 10.1. The second-order valence-electron chi connectivity index (χ2n) is 3.49. The summed E-state index contributed by atoms with van der Waals surface area (Å²) < 4.78 is 0. The molecule has 2 N–H and O–H groups in total. The van der Waals surface area contributed by atoms with E-state index >= 15 is 0 Å². The Morgan fingerprint density at radius 2 is 2.38 bits per heavy atom. The first-order chi connectivity index (χ1) is 6.26. The molecule has 0 aromatic heterocycles. The molecular weight excluding hydrogens is 166 g/mol. The third-order valence-electron chi connectivity index (χ3n) is 2.23. The van der Waals surface area contributed by atoms with Crippen molar-refractivity contribution in [1.29, 1.82) is 0 Å². The van der Waals surface area contributed by atoms with Crippen molar-refractivity contribution in [3.05, 3.63) is 12.2 Å². The van der Waals surface area contributed by atoms with Gasteiger partial charge in [0.25, 0.3) is 0 Å². The van der Waals surface area contributed by atoms with Gasteiger partial charge in [-0.1, -0.05) is 19.1 Å². The monoisotopic (exact) mass is 183 g/mol. The van der Waals surface area contributed by atoms with Crippen molar-refractivity contribution in [2.45, 2.75) is 32.2 Å². The van der Waals surface area contributed by atoms with Gasteiger partial charge in [0, 0.05) is 25.0 Å². The van der Waals surface area contributed by atoms with Crippen molar-refractivity contribution in [3.8, 4) is 0 Å². The van der Waals surface area contributed by atoms with Crippen LogP contribution in [0.1, 0.15) is 26.2 Å². The summed E-state index contributed by atoms with van der Waals surface area (Å²) >= 11 is 0. The smallest absolute Gasteiger partial charge is 0.220 e. The number of aliphatic hydroxyl groups excluding tert-OH is 1. The van der Waals surface area contributed by atoms with Crippen LogP contribution in [-0.4, -0.2) is 23.7 Å². The Bertz CT molecular complexity index is 201. The van der Waals surface area contributed by atoms with Crippen molar-refractivity contribution in [2.75, 3.05) is 6.61 Å². The van der Waals surface area contributed by atoms with Crippen molar-refractivity contribution in [1.82, 2.24) is 5.32 Å². The molecule has 74 valence electrons. The van der Waals surface area contributed by atoms with Crippen LogP contribution in [0.15, 0.2) is 12.2 Å². The predicted octanol–water partition coefficient (Wildman–Crippen LogP) is 0.840. The Hall–Kier alpha value is -0.830. The van der Waals surface area contributed by atoms with Gasteiger partial charge < -0.3 is 10.4 Å². The molecule has 0 aliphatic heterocycles. The minimum atomic E-state index is 0.107. The van der Waals surface area contributed by atoms with E-state index in [1.807, 2.05) is 19.1 Å². The molecule has 0 bridgehead atoms. The van der Waals surface area contributed by atoms with Gasteiger partial charge in [-0.15, -0.1) is 0 Å². The zero-order valence-corrected chi connectivity index (χ0v) is 7.99. The summed E-state index contributed by atoms with van der Waals surface area (Å²) in [6.07, 6.45) is 6.25. The van der Waals surface area contributed by atoms with Crippen molar-refractivity contribution < 1.29 is 9.90 Å². The summed E-state index contributed by atoms with van der Waals surface area (Å²) in [5, 5.41) is 11.8. The standard InChI is InChI=1S/C10H17NO2/c1-2-3-10(13)11-9-5-4-8(6-9)7-12/h4-5,8-9,12H,2-3,6-7H2,1H3,(H,11,13)/t8-,9-/m0/s1. The van der Waals surface area contributed by atoms with Crippen LogP contribution in [0.25, 0.3) is 0 Å². The number of carbonyl (C=O) groups excluding carboxylic acids is 1. The number of nitrogens with one attached hydrogen (secondary N) is 1. The minimum absolute atomic E-state index is 0.107. The third kappa shape index (κ3) is 3.19. The lowest BCUT2D eigenvalue weighted by molar-refractivity contribution is -0.121. The lowest BCUT2D eigenvalue weighted by Crippen LogP contribution is -2.32. The molecule has 0 fully saturated rings. The van der Waals surface area contributed by atoms with E-state index in [1.54, 1.807) is 0 Å². The summed E-state index contributed by atoms with van der Waals surface area (Å²) in [6.45, 7) is 2.16. The number of amides is 1. The van der Waals surface area contributed by atoms with Gasteiger partial charge in [0.2, 0.25) is 5.91 Å². The molecule has 0 unspecified atom stereocenters. The molecule has 0 aromatic carbocycles. The van der Waals surface area contributed by atoms with E-state index in [9.17, 15) is 4.79 Å². The molecule has 0 saturated carbocycles. The van der Waals surface area contributed by atoms with Gasteiger partial charge in [0.05, 0.1) is 0 Å². The van der Waals surface area contributed by atoms with Gasteiger partial charge in [-0.05, 0) is 12.8 Å². The molecule has 0 saturated heterocycles. The summed E-state index contributed by atoms with van der Waals surface area (Å²) in [7, 11) is 0. The summed E-state index contributed by atoms with van der Waals surface area (Å²) in [5.74, 6) is 0.336. The third-order valence-corrected chi connectivity index (χ3v) is 2.23. The minimum Gasteiger partial charge on any atom is -0.396 e. The van der Waals surface area contributed by atoms with Crippen molar-refractivity contribution >= 4 is 5.91 Å². The molecule has 2 atom stereocenters. The molecule has 1 amide bonds. The van der Waals surface area contributed by atoms with Gasteiger partial charge in [-0.25, -0.2) is 0 Å². The van der Waals surface area contributed by atoms with Crippen LogP contribution >= 0.6 is 0 Å². The Morgan fingerprint density at radius 1 is 1.62 bits per heavy atom. The van der Waals surface area contributed by atoms with Crippen molar-refractivity contribution in [2.24, 2.45) is 5.92 Å². The fourth-order valence-corrected chi connectivity index (χ4v) is 1.52. The molecular formula is C10H17NO2. The molecule has 0 radical (unpaired) electrons.